The van der Waals surface area contributed by atoms with E-state index in [9.17, 15) is 17.6 Å². The Hall–Kier alpha value is -1.83. The Morgan fingerprint density at radius 3 is 2.45 bits per heavy atom. The van der Waals surface area contributed by atoms with Crippen LogP contribution in [0.15, 0.2) is 34.8 Å². The fourth-order valence-corrected chi connectivity index (χ4v) is 1.75. The fourth-order valence-electron chi connectivity index (χ4n) is 1.50. The van der Waals surface area contributed by atoms with Crippen LogP contribution in [-0.4, -0.2) is 4.98 Å². The number of nitrogens with two attached hydrogens (primary N) is 1. The Kier molecular flexibility index (Phi) is 3.85. The molecule has 0 unspecified atom stereocenters. The lowest BCUT2D eigenvalue weighted by atomic mass is 10.2. The van der Waals surface area contributed by atoms with Gasteiger partial charge in [0.2, 0.25) is 0 Å². The molecule has 0 amide bonds. The van der Waals surface area contributed by atoms with Gasteiger partial charge in [0.15, 0.2) is 0 Å². The van der Waals surface area contributed by atoms with Crippen LogP contribution in [0.1, 0.15) is 5.56 Å². The zero-order valence-corrected chi connectivity index (χ0v) is 11.4. The van der Waals surface area contributed by atoms with Crippen molar-refractivity contribution in [2.45, 2.75) is 6.18 Å². The summed E-state index contributed by atoms with van der Waals surface area (Å²) >= 11 is 2.98. The maximum Gasteiger partial charge on any atom is 0.416 e. The summed E-state index contributed by atoms with van der Waals surface area (Å²) in [5.41, 5.74) is 4.67. The van der Waals surface area contributed by atoms with E-state index in [0.717, 1.165) is 18.2 Å². The van der Waals surface area contributed by atoms with E-state index in [0.29, 0.717) is 0 Å². The van der Waals surface area contributed by atoms with Crippen molar-refractivity contribution in [1.82, 2.24) is 4.98 Å². The number of nitrogens with zero attached hydrogens (tertiary/aromatic N) is 1. The highest BCUT2D eigenvalue weighted by Gasteiger charge is 2.31. The largest absolute Gasteiger partial charge is 0.416 e. The van der Waals surface area contributed by atoms with Gasteiger partial charge in [-0.25, -0.2) is 9.37 Å². The van der Waals surface area contributed by atoms with E-state index in [1.54, 1.807) is 0 Å². The Labute approximate surface area is 119 Å². The molecule has 0 fully saturated rings. The van der Waals surface area contributed by atoms with Crippen molar-refractivity contribution in [2.24, 2.45) is 0 Å². The molecule has 0 aliphatic rings. The third-order valence-electron chi connectivity index (χ3n) is 2.36. The molecule has 1 aromatic carbocycles. The lowest BCUT2D eigenvalue weighted by Crippen LogP contribution is -2.08. The van der Waals surface area contributed by atoms with Crippen molar-refractivity contribution in [1.29, 1.82) is 0 Å². The molecule has 3 N–H and O–H groups in total. The molecule has 0 aliphatic heterocycles. The van der Waals surface area contributed by atoms with E-state index in [4.69, 9.17) is 5.73 Å². The fraction of sp³-hybridized carbons (Fsp3) is 0.0833. The van der Waals surface area contributed by atoms with E-state index in [1.807, 2.05) is 0 Å². The van der Waals surface area contributed by atoms with Crippen molar-refractivity contribution >= 4 is 33.3 Å². The molecule has 0 bridgehead atoms. The minimum Gasteiger partial charge on any atom is -0.384 e. The average molecular weight is 350 g/mol. The van der Waals surface area contributed by atoms with Crippen LogP contribution in [-0.2, 0) is 6.18 Å². The van der Waals surface area contributed by atoms with Gasteiger partial charge in [-0.2, -0.15) is 13.2 Å². The van der Waals surface area contributed by atoms with Crippen molar-refractivity contribution in [2.75, 3.05) is 11.1 Å². The van der Waals surface area contributed by atoms with E-state index < -0.39 is 17.6 Å². The summed E-state index contributed by atoms with van der Waals surface area (Å²) in [5, 5.41) is 2.57. The van der Waals surface area contributed by atoms with Crippen LogP contribution in [0.4, 0.5) is 34.9 Å². The second-order valence-corrected chi connectivity index (χ2v) is 4.77. The molecule has 2 rings (SSSR count). The molecule has 1 heterocycles. The SMILES string of the molecule is Nc1cc(C(F)(F)F)cc(Nc2ccc(Br)c(F)c2)n1. The number of halogens is 5. The third-order valence-corrected chi connectivity index (χ3v) is 3.01. The third kappa shape index (κ3) is 3.38. The van der Waals surface area contributed by atoms with E-state index >= 15 is 0 Å². The van der Waals surface area contributed by atoms with Crippen LogP contribution < -0.4 is 11.1 Å². The van der Waals surface area contributed by atoms with Crippen LogP contribution in [0.3, 0.4) is 0 Å². The lowest BCUT2D eigenvalue weighted by molar-refractivity contribution is -0.137. The number of aromatic nitrogens is 1. The molecule has 0 saturated heterocycles. The minimum absolute atomic E-state index is 0.112. The first kappa shape index (κ1) is 14.6. The number of nitrogens with one attached hydrogen (secondary N) is 1. The lowest BCUT2D eigenvalue weighted by Gasteiger charge is -2.11. The number of nitrogen functional groups attached to an aromatic ring is 1. The normalized spacial score (nSPS) is 11.4. The number of hydrogen-bond acceptors (Lipinski definition) is 3. The Morgan fingerprint density at radius 1 is 1.15 bits per heavy atom. The molecule has 0 spiro atoms. The number of hydrogen-bond donors (Lipinski definition) is 2. The van der Waals surface area contributed by atoms with Gasteiger partial charge in [-0.05, 0) is 46.3 Å². The van der Waals surface area contributed by atoms with Crippen molar-refractivity contribution in [3.8, 4) is 0 Å². The standard InChI is InChI=1S/C12H8BrF4N3/c13-8-2-1-7(5-9(8)14)19-11-4-6(12(15,16)17)3-10(18)20-11/h1-5H,(H3,18,19,20). The molecule has 8 heteroatoms. The smallest absolute Gasteiger partial charge is 0.384 e. The molecule has 3 nitrogen and oxygen atoms in total. The van der Waals surface area contributed by atoms with Gasteiger partial charge >= 0.3 is 6.18 Å². The van der Waals surface area contributed by atoms with Crippen LogP contribution in [0, 0.1) is 5.82 Å². The highest BCUT2D eigenvalue weighted by molar-refractivity contribution is 9.10. The molecular formula is C12H8BrF4N3. The Bertz CT molecular complexity index is 643. The molecule has 0 aliphatic carbocycles. The number of rotatable bonds is 2. The van der Waals surface area contributed by atoms with Crippen molar-refractivity contribution in [3.63, 3.8) is 0 Å². The second-order valence-electron chi connectivity index (χ2n) is 3.92. The average Bonchev–Trinajstić information content (AvgIpc) is 2.32. The van der Waals surface area contributed by atoms with Gasteiger partial charge in [0.1, 0.15) is 17.5 Å². The monoisotopic (exact) mass is 349 g/mol. The minimum atomic E-state index is -4.53. The summed E-state index contributed by atoms with van der Waals surface area (Å²) in [6.07, 6.45) is -4.53. The Balaban J connectivity index is 2.33. The first-order valence-electron chi connectivity index (χ1n) is 5.32. The van der Waals surface area contributed by atoms with Gasteiger partial charge in [-0.15, -0.1) is 0 Å². The molecule has 20 heavy (non-hydrogen) atoms. The van der Waals surface area contributed by atoms with E-state index in [1.165, 1.54) is 12.1 Å². The summed E-state index contributed by atoms with van der Waals surface area (Å²) in [4.78, 5) is 3.73. The summed E-state index contributed by atoms with van der Waals surface area (Å²) in [7, 11) is 0. The number of alkyl halides is 3. The summed E-state index contributed by atoms with van der Waals surface area (Å²) in [6.45, 7) is 0. The molecule has 2 aromatic rings. The number of anilines is 3. The summed E-state index contributed by atoms with van der Waals surface area (Å²) < 4.78 is 51.4. The number of benzene rings is 1. The highest BCUT2D eigenvalue weighted by atomic mass is 79.9. The Morgan fingerprint density at radius 2 is 1.85 bits per heavy atom. The first-order chi connectivity index (χ1) is 9.25. The van der Waals surface area contributed by atoms with Gasteiger partial charge in [0.05, 0.1) is 10.0 Å². The zero-order chi connectivity index (χ0) is 14.9. The highest BCUT2D eigenvalue weighted by Crippen LogP contribution is 2.32. The molecule has 0 radical (unpaired) electrons. The van der Waals surface area contributed by atoms with Gasteiger partial charge in [0, 0.05) is 5.69 Å². The van der Waals surface area contributed by atoms with Crippen LogP contribution in [0.2, 0.25) is 0 Å². The quantitative estimate of drug-likeness (QED) is 0.793. The topological polar surface area (TPSA) is 50.9 Å². The van der Waals surface area contributed by atoms with Gasteiger partial charge in [-0.1, -0.05) is 0 Å². The van der Waals surface area contributed by atoms with Crippen LogP contribution in [0.25, 0.3) is 0 Å². The predicted molar refractivity (Wildman–Crippen MR) is 71.0 cm³/mol. The molecule has 1 aromatic heterocycles. The van der Waals surface area contributed by atoms with Gasteiger partial charge < -0.3 is 11.1 Å². The first-order valence-corrected chi connectivity index (χ1v) is 6.12. The van der Waals surface area contributed by atoms with E-state index in [-0.39, 0.29) is 21.8 Å². The maximum absolute atomic E-state index is 13.3. The summed E-state index contributed by atoms with van der Waals surface area (Å²) in [6, 6.07) is 5.58. The van der Waals surface area contributed by atoms with Gasteiger partial charge in [0.25, 0.3) is 0 Å². The van der Waals surface area contributed by atoms with Crippen LogP contribution in [0.5, 0.6) is 0 Å². The molecule has 0 atom stereocenters. The second kappa shape index (κ2) is 5.28. The van der Waals surface area contributed by atoms with Crippen LogP contribution >= 0.6 is 15.9 Å². The van der Waals surface area contributed by atoms with Crippen molar-refractivity contribution < 1.29 is 17.6 Å². The summed E-state index contributed by atoms with van der Waals surface area (Å²) in [5.74, 6) is -0.936. The maximum atomic E-state index is 13.3. The van der Waals surface area contributed by atoms with Crippen molar-refractivity contribution in [3.05, 3.63) is 46.2 Å². The van der Waals surface area contributed by atoms with Gasteiger partial charge in [-0.3, -0.25) is 0 Å². The zero-order valence-electron chi connectivity index (χ0n) is 9.80. The van der Waals surface area contributed by atoms with E-state index in [2.05, 4.69) is 26.2 Å². The predicted octanol–water partition coefficient (Wildman–Crippen LogP) is 4.33. The number of pyridine rings is 1. The molecule has 106 valence electrons. The molecule has 0 saturated carbocycles. The molecular weight excluding hydrogens is 342 g/mol.